The number of hydrogen-bond donors (Lipinski definition) is 2. The standard InChI is InChI=1S/C23H31N2O2.BrH/c1-4-10-25-17-11-14(13(5-2)22(25)27)19-18(25)12-23(21(19)26)15-8-6-7-9-16(15)24(3)20(17)23;/h4,6-9,13-14,17-22,26-27H,1,5,10-12H2,2-3H3;1H/q+1;/p-1/t13-,14-,17?,18-,19?,20-,21?,22+,23+,25?;/m0./s1. The number of piperidine rings is 4. The lowest BCUT2D eigenvalue weighted by molar-refractivity contribution is -1.03. The van der Waals surface area contributed by atoms with Crippen molar-refractivity contribution in [2.75, 3.05) is 18.5 Å². The van der Waals surface area contributed by atoms with Crippen LogP contribution in [0.1, 0.15) is 31.7 Å². The summed E-state index contributed by atoms with van der Waals surface area (Å²) < 4.78 is 0.755. The minimum atomic E-state index is -0.321. The van der Waals surface area contributed by atoms with Crippen molar-refractivity contribution in [1.29, 1.82) is 0 Å². The second-order valence-corrected chi connectivity index (χ2v) is 9.83. The summed E-state index contributed by atoms with van der Waals surface area (Å²) in [4.78, 5) is 2.44. The highest BCUT2D eigenvalue weighted by atomic mass is 79.9. The van der Waals surface area contributed by atoms with Crippen molar-refractivity contribution in [2.45, 2.75) is 62.1 Å². The highest BCUT2D eigenvalue weighted by Gasteiger charge is 2.82. The quantitative estimate of drug-likeness (QED) is 0.474. The SMILES string of the molecule is C=CC[N+]12C3C[C@H](C4C(O)[C@]5(C[C@@H]41)c1ccccc1N(C)[C@@H]35)[C@H](CC)[C@H]2O.[Br-]. The predicted octanol–water partition coefficient (Wildman–Crippen LogP) is -0.741. The number of fused-ring (bicyclic) bond motifs is 2. The van der Waals surface area contributed by atoms with Crippen molar-refractivity contribution >= 4 is 5.69 Å². The van der Waals surface area contributed by atoms with Crippen LogP contribution in [0.3, 0.4) is 0 Å². The van der Waals surface area contributed by atoms with Crippen LogP contribution in [0.5, 0.6) is 0 Å². The summed E-state index contributed by atoms with van der Waals surface area (Å²) in [5, 5.41) is 23.5. The molecule has 2 N–H and O–H groups in total. The number of rotatable bonds is 3. The first-order valence-electron chi connectivity index (χ1n) is 10.7. The van der Waals surface area contributed by atoms with Gasteiger partial charge in [0.2, 0.25) is 0 Å². The Labute approximate surface area is 178 Å². The normalized spacial score (nSPS) is 51.6. The molecule has 28 heavy (non-hydrogen) atoms. The Bertz CT molecular complexity index is 833. The van der Waals surface area contributed by atoms with Crippen molar-refractivity contribution in [3.63, 3.8) is 0 Å². The van der Waals surface area contributed by atoms with Crippen molar-refractivity contribution in [2.24, 2.45) is 17.8 Å². The molecule has 6 aliphatic rings. The van der Waals surface area contributed by atoms with Crippen LogP contribution in [0.25, 0.3) is 0 Å². The van der Waals surface area contributed by atoms with Crippen LogP contribution < -0.4 is 21.9 Å². The van der Waals surface area contributed by atoms with E-state index in [9.17, 15) is 10.2 Å². The number of hydrogen-bond acceptors (Lipinski definition) is 3. The Balaban J connectivity index is 0.00000171. The van der Waals surface area contributed by atoms with E-state index in [4.69, 9.17) is 0 Å². The summed E-state index contributed by atoms with van der Waals surface area (Å²) >= 11 is 0. The summed E-state index contributed by atoms with van der Waals surface area (Å²) in [6, 6.07) is 9.71. The highest BCUT2D eigenvalue weighted by molar-refractivity contribution is 5.66. The summed E-state index contributed by atoms with van der Waals surface area (Å²) in [7, 11) is 2.21. The Morgan fingerprint density at radius 1 is 1.29 bits per heavy atom. The molecular formula is C23H31BrN2O2. The molecule has 1 spiro atoms. The van der Waals surface area contributed by atoms with Gasteiger partial charge in [-0.3, -0.25) is 4.48 Å². The van der Waals surface area contributed by atoms with E-state index >= 15 is 0 Å². The molecule has 10 atom stereocenters. The highest BCUT2D eigenvalue weighted by Crippen LogP contribution is 2.71. The van der Waals surface area contributed by atoms with Crippen LogP contribution in [0, 0.1) is 17.8 Å². The van der Waals surface area contributed by atoms with Crippen LogP contribution in [0.4, 0.5) is 5.69 Å². The number of quaternary nitrogens is 1. The number of benzene rings is 1. The van der Waals surface area contributed by atoms with Gasteiger partial charge in [0, 0.05) is 37.4 Å². The smallest absolute Gasteiger partial charge is 0.194 e. The fraction of sp³-hybridized carbons (Fsp3) is 0.652. The molecule has 1 saturated carbocycles. The molecule has 0 radical (unpaired) electrons. The van der Waals surface area contributed by atoms with Gasteiger partial charge in [-0.05, 0) is 30.0 Å². The van der Waals surface area contributed by atoms with Gasteiger partial charge in [-0.15, -0.1) is 0 Å². The van der Waals surface area contributed by atoms with Crippen LogP contribution in [0.2, 0.25) is 0 Å². The average molecular weight is 447 g/mol. The van der Waals surface area contributed by atoms with E-state index in [1.54, 1.807) is 0 Å². The molecule has 152 valence electrons. The van der Waals surface area contributed by atoms with E-state index in [1.807, 2.05) is 6.08 Å². The van der Waals surface area contributed by atoms with Gasteiger partial charge < -0.3 is 32.1 Å². The van der Waals surface area contributed by atoms with Crippen LogP contribution >= 0.6 is 0 Å². The van der Waals surface area contributed by atoms with Gasteiger partial charge in [0.25, 0.3) is 0 Å². The minimum absolute atomic E-state index is 0. The maximum atomic E-state index is 11.9. The maximum absolute atomic E-state index is 11.9. The van der Waals surface area contributed by atoms with Crippen molar-refractivity contribution in [3.05, 3.63) is 42.5 Å². The molecule has 5 heteroatoms. The first-order valence-corrected chi connectivity index (χ1v) is 10.7. The largest absolute Gasteiger partial charge is 1.00 e. The van der Waals surface area contributed by atoms with E-state index in [2.05, 4.69) is 49.7 Å². The molecule has 5 fully saturated rings. The van der Waals surface area contributed by atoms with Gasteiger partial charge >= 0.3 is 0 Å². The fourth-order valence-corrected chi connectivity index (χ4v) is 8.98. The van der Waals surface area contributed by atoms with E-state index < -0.39 is 0 Å². The second kappa shape index (κ2) is 5.84. The van der Waals surface area contributed by atoms with Gasteiger partial charge in [-0.25, -0.2) is 0 Å². The summed E-state index contributed by atoms with van der Waals surface area (Å²) in [5.41, 5.74) is 2.47. The van der Waals surface area contributed by atoms with Crippen molar-refractivity contribution < 1.29 is 31.7 Å². The Kier molecular flexibility index (Phi) is 3.99. The number of para-hydroxylation sites is 1. The molecule has 1 aromatic carbocycles. The van der Waals surface area contributed by atoms with Gasteiger partial charge in [-0.2, -0.15) is 0 Å². The number of likely N-dealkylation sites (N-methyl/N-ethyl adjacent to an activating group) is 1. The number of aliphatic hydroxyl groups excluding tert-OH is 2. The van der Waals surface area contributed by atoms with Crippen molar-refractivity contribution in [1.82, 2.24) is 0 Å². The number of nitrogens with zero attached hydrogens (tertiary/aromatic N) is 2. The van der Waals surface area contributed by atoms with E-state index in [-0.39, 0.29) is 40.8 Å². The molecule has 4 nitrogen and oxygen atoms in total. The summed E-state index contributed by atoms with van der Waals surface area (Å²) in [6.07, 6.45) is 4.52. The predicted molar refractivity (Wildman–Crippen MR) is 105 cm³/mol. The number of anilines is 1. The third kappa shape index (κ3) is 1.69. The van der Waals surface area contributed by atoms with E-state index in [0.717, 1.165) is 30.3 Å². The topological polar surface area (TPSA) is 43.7 Å². The van der Waals surface area contributed by atoms with Crippen LogP contribution in [-0.2, 0) is 5.41 Å². The monoisotopic (exact) mass is 446 g/mol. The van der Waals surface area contributed by atoms with Gasteiger partial charge in [0.1, 0.15) is 6.04 Å². The molecule has 7 rings (SSSR count). The molecule has 5 aliphatic heterocycles. The van der Waals surface area contributed by atoms with Gasteiger partial charge in [0.15, 0.2) is 6.23 Å². The Morgan fingerprint density at radius 3 is 2.75 bits per heavy atom. The maximum Gasteiger partial charge on any atom is 0.194 e. The van der Waals surface area contributed by atoms with Gasteiger partial charge in [0.05, 0.1) is 30.1 Å². The third-order valence-electron chi connectivity index (χ3n) is 9.56. The number of halogens is 1. The van der Waals surface area contributed by atoms with E-state index in [0.29, 0.717) is 29.8 Å². The fourth-order valence-electron chi connectivity index (χ4n) is 8.98. The van der Waals surface area contributed by atoms with Crippen LogP contribution in [0.15, 0.2) is 36.9 Å². The second-order valence-electron chi connectivity index (χ2n) is 9.83. The zero-order chi connectivity index (χ0) is 18.7. The molecule has 5 heterocycles. The summed E-state index contributed by atoms with van der Waals surface area (Å²) in [5.74, 6) is 1.05. The minimum Gasteiger partial charge on any atom is -1.00 e. The van der Waals surface area contributed by atoms with Crippen LogP contribution in [-0.4, -0.2) is 58.7 Å². The lowest BCUT2D eigenvalue weighted by Gasteiger charge is -2.67. The van der Waals surface area contributed by atoms with Crippen molar-refractivity contribution in [3.8, 4) is 0 Å². The molecule has 0 amide bonds. The molecule has 0 aromatic heterocycles. The van der Waals surface area contributed by atoms with E-state index in [1.165, 1.54) is 11.3 Å². The molecular weight excluding hydrogens is 416 g/mol. The zero-order valence-corrected chi connectivity index (χ0v) is 18.3. The molecule has 4 unspecified atom stereocenters. The molecule has 4 saturated heterocycles. The first kappa shape index (κ1) is 19.1. The zero-order valence-electron chi connectivity index (χ0n) is 16.7. The average Bonchev–Trinajstić information content (AvgIpc) is 3.06. The first-order chi connectivity index (χ1) is 13.0. The lowest BCUT2D eigenvalue weighted by atomic mass is 9.60. The molecule has 1 aliphatic carbocycles. The Morgan fingerprint density at radius 2 is 2.04 bits per heavy atom. The van der Waals surface area contributed by atoms with Gasteiger partial charge in [-0.1, -0.05) is 31.7 Å². The lowest BCUT2D eigenvalue weighted by Crippen LogP contribution is -3.00. The summed E-state index contributed by atoms with van der Waals surface area (Å²) in [6.45, 7) is 7.10. The Hall–Kier alpha value is -0.880. The molecule has 5 bridgehead atoms. The molecule has 1 aromatic rings. The third-order valence-corrected chi connectivity index (χ3v) is 9.56. The number of aliphatic hydroxyl groups is 2.